The van der Waals surface area contributed by atoms with Gasteiger partial charge in [0.05, 0.1) is 6.04 Å². The Kier molecular flexibility index (Phi) is 4.58. The fraction of sp³-hybridized carbons (Fsp3) is 0.917. The first-order valence-electron chi connectivity index (χ1n) is 6.15. The molecule has 1 atom stereocenters. The van der Waals surface area contributed by atoms with Crippen LogP contribution in [0, 0.1) is 11.3 Å². The third-order valence-corrected chi connectivity index (χ3v) is 3.13. The lowest BCUT2D eigenvalue weighted by Crippen LogP contribution is -2.46. The highest BCUT2D eigenvalue weighted by Gasteiger charge is 2.34. The van der Waals surface area contributed by atoms with Crippen LogP contribution >= 0.6 is 0 Å². The largest absolute Gasteiger partial charge is 0.386 e. The van der Waals surface area contributed by atoms with Crippen molar-refractivity contribution in [1.29, 1.82) is 5.41 Å². The maximum Gasteiger partial charge on any atom is 0.108 e. The van der Waals surface area contributed by atoms with Crippen LogP contribution in [0.1, 0.15) is 46.5 Å². The fourth-order valence-electron chi connectivity index (χ4n) is 2.04. The van der Waals surface area contributed by atoms with E-state index in [0.717, 1.165) is 18.9 Å². The molecule has 0 aromatic carbocycles. The van der Waals surface area contributed by atoms with E-state index in [1.165, 1.54) is 19.3 Å². The van der Waals surface area contributed by atoms with Gasteiger partial charge in [-0.05, 0) is 38.1 Å². The number of nitrogens with one attached hydrogen (secondary N) is 1. The van der Waals surface area contributed by atoms with E-state index >= 15 is 0 Å². The molecule has 1 aliphatic carbocycles. The van der Waals surface area contributed by atoms with E-state index in [0.29, 0.717) is 11.9 Å². The Bertz CT molecular complexity index is 209. The zero-order valence-corrected chi connectivity index (χ0v) is 10.3. The van der Waals surface area contributed by atoms with E-state index < -0.39 is 0 Å². The summed E-state index contributed by atoms with van der Waals surface area (Å²) in [5.41, 5.74) is 5.66. The molecule has 3 nitrogen and oxygen atoms in total. The molecule has 0 aromatic rings. The Morgan fingerprint density at radius 1 is 1.47 bits per heavy atom. The first-order valence-corrected chi connectivity index (χ1v) is 6.15. The second-order valence-electron chi connectivity index (χ2n) is 5.03. The van der Waals surface area contributed by atoms with Gasteiger partial charge < -0.3 is 5.73 Å². The molecule has 88 valence electrons. The van der Waals surface area contributed by atoms with Crippen LogP contribution in [-0.4, -0.2) is 29.4 Å². The fourth-order valence-corrected chi connectivity index (χ4v) is 2.04. The van der Waals surface area contributed by atoms with Gasteiger partial charge in [-0.3, -0.25) is 10.3 Å². The van der Waals surface area contributed by atoms with Gasteiger partial charge in [-0.2, -0.15) is 0 Å². The van der Waals surface area contributed by atoms with Crippen LogP contribution in [0.25, 0.3) is 0 Å². The molecule has 1 rings (SSSR count). The monoisotopic (exact) mass is 211 g/mol. The molecular weight excluding hydrogens is 186 g/mol. The van der Waals surface area contributed by atoms with Gasteiger partial charge in [0.15, 0.2) is 0 Å². The molecule has 1 saturated carbocycles. The van der Waals surface area contributed by atoms with E-state index in [9.17, 15) is 0 Å². The third-order valence-electron chi connectivity index (χ3n) is 3.13. The number of nitrogens with zero attached hydrogens (tertiary/aromatic N) is 1. The SMILES string of the molecule is CCC(C(=N)N)N(CCC(C)C)C1CC1. The van der Waals surface area contributed by atoms with Crippen molar-refractivity contribution in [2.24, 2.45) is 11.7 Å². The minimum Gasteiger partial charge on any atom is -0.386 e. The lowest BCUT2D eigenvalue weighted by Gasteiger charge is -2.30. The summed E-state index contributed by atoms with van der Waals surface area (Å²) in [6.07, 6.45) is 4.76. The molecule has 0 aromatic heterocycles. The predicted octanol–water partition coefficient (Wildman–Crippen LogP) is 2.21. The van der Waals surface area contributed by atoms with Crippen molar-refractivity contribution in [3.63, 3.8) is 0 Å². The number of hydrogen-bond acceptors (Lipinski definition) is 2. The first kappa shape index (κ1) is 12.5. The van der Waals surface area contributed by atoms with E-state index in [4.69, 9.17) is 11.1 Å². The van der Waals surface area contributed by atoms with Gasteiger partial charge >= 0.3 is 0 Å². The molecule has 0 bridgehead atoms. The maximum absolute atomic E-state index is 7.63. The number of rotatable bonds is 7. The Morgan fingerprint density at radius 3 is 2.40 bits per heavy atom. The number of amidine groups is 1. The van der Waals surface area contributed by atoms with Crippen molar-refractivity contribution in [2.45, 2.75) is 58.5 Å². The highest BCUT2D eigenvalue weighted by atomic mass is 15.2. The summed E-state index contributed by atoms with van der Waals surface area (Å²) in [5, 5.41) is 7.63. The molecule has 1 fully saturated rings. The van der Waals surface area contributed by atoms with Crippen molar-refractivity contribution in [3.05, 3.63) is 0 Å². The third kappa shape index (κ3) is 3.82. The molecule has 1 unspecified atom stereocenters. The van der Waals surface area contributed by atoms with Crippen LogP contribution in [0.4, 0.5) is 0 Å². The van der Waals surface area contributed by atoms with Crippen LogP contribution < -0.4 is 5.73 Å². The number of nitrogens with two attached hydrogens (primary N) is 1. The van der Waals surface area contributed by atoms with E-state index in [1.807, 2.05) is 0 Å². The van der Waals surface area contributed by atoms with Crippen LogP contribution in [0.15, 0.2) is 0 Å². The molecule has 0 heterocycles. The topological polar surface area (TPSA) is 53.1 Å². The molecular formula is C12H25N3. The van der Waals surface area contributed by atoms with E-state index in [1.54, 1.807) is 0 Å². The molecule has 0 amide bonds. The highest BCUT2D eigenvalue weighted by Crippen LogP contribution is 2.30. The predicted molar refractivity (Wildman–Crippen MR) is 65.2 cm³/mol. The van der Waals surface area contributed by atoms with Gasteiger partial charge in [0.1, 0.15) is 5.84 Å². The van der Waals surface area contributed by atoms with Crippen LogP contribution in [-0.2, 0) is 0 Å². The van der Waals surface area contributed by atoms with Gasteiger partial charge in [0.25, 0.3) is 0 Å². The molecule has 0 saturated heterocycles. The second-order valence-corrected chi connectivity index (χ2v) is 5.03. The second kappa shape index (κ2) is 5.50. The van der Waals surface area contributed by atoms with Crippen LogP contribution in [0.2, 0.25) is 0 Å². The minimum atomic E-state index is 0.177. The van der Waals surface area contributed by atoms with Gasteiger partial charge in [-0.25, -0.2) is 0 Å². The average Bonchev–Trinajstić information content (AvgIpc) is 2.94. The van der Waals surface area contributed by atoms with Gasteiger partial charge in [-0.1, -0.05) is 20.8 Å². The standard InChI is InChI=1S/C12H25N3/c1-4-11(12(13)14)15(10-5-6-10)8-7-9(2)3/h9-11H,4-8H2,1-3H3,(H3,13,14). The molecule has 1 aliphatic rings. The summed E-state index contributed by atoms with van der Waals surface area (Å²) in [7, 11) is 0. The summed E-state index contributed by atoms with van der Waals surface area (Å²) in [5.74, 6) is 1.07. The smallest absolute Gasteiger partial charge is 0.108 e. The first-order chi connectivity index (χ1) is 7.06. The highest BCUT2D eigenvalue weighted by molar-refractivity contribution is 5.82. The molecule has 0 aliphatic heterocycles. The Labute approximate surface area is 93.5 Å². The lowest BCUT2D eigenvalue weighted by molar-refractivity contribution is 0.212. The van der Waals surface area contributed by atoms with Crippen molar-refractivity contribution < 1.29 is 0 Å². The molecule has 3 N–H and O–H groups in total. The summed E-state index contributed by atoms with van der Waals surface area (Å²) in [6.45, 7) is 7.72. The summed E-state index contributed by atoms with van der Waals surface area (Å²) in [6, 6.07) is 0.883. The average molecular weight is 211 g/mol. The van der Waals surface area contributed by atoms with Gasteiger partial charge in [0.2, 0.25) is 0 Å². The Hall–Kier alpha value is -0.570. The van der Waals surface area contributed by atoms with Gasteiger partial charge in [-0.15, -0.1) is 0 Å². The summed E-state index contributed by atoms with van der Waals surface area (Å²) < 4.78 is 0. The summed E-state index contributed by atoms with van der Waals surface area (Å²) >= 11 is 0. The molecule has 0 radical (unpaired) electrons. The molecule has 3 heteroatoms. The zero-order valence-electron chi connectivity index (χ0n) is 10.3. The van der Waals surface area contributed by atoms with Gasteiger partial charge in [0, 0.05) is 6.04 Å². The Balaban J connectivity index is 2.51. The Morgan fingerprint density at radius 2 is 2.07 bits per heavy atom. The summed E-state index contributed by atoms with van der Waals surface area (Å²) in [4.78, 5) is 2.45. The normalized spacial score (nSPS) is 18.5. The number of hydrogen-bond donors (Lipinski definition) is 2. The van der Waals surface area contributed by atoms with Crippen molar-refractivity contribution in [1.82, 2.24) is 4.90 Å². The van der Waals surface area contributed by atoms with Crippen LogP contribution in [0.5, 0.6) is 0 Å². The quantitative estimate of drug-likeness (QED) is 0.501. The van der Waals surface area contributed by atoms with E-state index in [2.05, 4.69) is 25.7 Å². The maximum atomic E-state index is 7.63. The lowest BCUT2D eigenvalue weighted by atomic mass is 10.1. The van der Waals surface area contributed by atoms with E-state index in [-0.39, 0.29) is 6.04 Å². The zero-order chi connectivity index (χ0) is 11.4. The molecule has 15 heavy (non-hydrogen) atoms. The van der Waals surface area contributed by atoms with Crippen molar-refractivity contribution in [3.8, 4) is 0 Å². The van der Waals surface area contributed by atoms with Crippen molar-refractivity contribution in [2.75, 3.05) is 6.54 Å². The van der Waals surface area contributed by atoms with Crippen LogP contribution in [0.3, 0.4) is 0 Å². The minimum absolute atomic E-state index is 0.177. The molecule has 0 spiro atoms. The van der Waals surface area contributed by atoms with Crippen molar-refractivity contribution >= 4 is 5.84 Å².